The number of methoxy groups -OCH3 is 2. The van der Waals surface area contributed by atoms with E-state index in [1.807, 2.05) is 66.4 Å². The first kappa shape index (κ1) is 31.3. The van der Waals surface area contributed by atoms with Gasteiger partial charge in [0.1, 0.15) is 5.75 Å². The monoisotopic (exact) mass is 618 g/mol. The van der Waals surface area contributed by atoms with Gasteiger partial charge >= 0.3 is 0 Å². The summed E-state index contributed by atoms with van der Waals surface area (Å²) in [6, 6.07) is 20.3. The number of piperidine rings is 1. The molecule has 3 amide bonds. The molecule has 4 atom stereocenters. The lowest BCUT2D eigenvalue weighted by Crippen LogP contribution is -2.57. The summed E-state index contributed by atoms with van der Waals surface area (Å²) in [4.78, 5) is 43.0. The number of anilines is 1. The standard InChI is InChI=1S/C34H39ClN4O5/c1-4-37-33(42)34(21-10-6-5-7-11-21)16-14-23(22-12-8-9-13-25(22)34)32(41)39-17-15-28(30(20-39)44-3)38-31(40)24-18-26(35)27(36)19-29(24)43-2/h5-13,18-19,23,28,30H,4,14-17,20,36H2,1-3H3,(H,37,42)(H,38,40)/t23-,28-,30+,34+/m1/s1. The highest BCUT2D eigenvalue weighted by Gasteiger charge is 2.49. The van der Waals surface area contributed by atoms with Crippen molar-refractivity contribution in [3.8, 4) is 5.75 Å². The normalized spacial score (nSPS) is 22.9. The Kier molecular flexibility index (Phi) is 9.46. The van der Waals surface area contributed by atoms with Crippen LogP contribution < -0.4 is 21.1 Å². The molecule has 0 unspecified atom stereocenters. The molecule has 1 aliphatic heterocycles. The molecule has 1 fully saturated rings. The van der Waals surface area contributed by atoms with E-state index in [-0.39, 0.29) is 34.3 Å². The highest BCUT2D eigenvalue weighted by Crippen LogP contribution is 2.48. The number of likely N-dealkylation sites (N-methyl/N-ethyl adjacent to an activating group) is 1. The molecule has 0 bridgehead atoms. The fraction of sp³-hybridized carbons (Fsp3) is 0.382. The average Bonchev–Trinajstić information content (AvgIpc) is 3.05. The highest BCUT2D eigenvalue weighted by atomic mass is 35.5. The Morgan fingerprint density at radius 1 is 1.05 bits per heavy atom. The maximum absolute atomic E-state index is 14.2. The average molecular weight is 619 g/mol. The molecule has 4 N–H and O–H groups in total. The largest absolute Gasteiger partial charge is 0.496 e. The van der Waals surface area contributed by atoms with Crippen LogP contribution in [0.4, 0.5) is 5.69 Å². The number of hydrogen-bond acceptors (Lipinski definition) is 6. The number of ether oxygens (including phenoxy) is 2. The van der Waals surface area contributed by atoms with E-state index in [1.165, 1.54) is 19.2 Å². The molecule has 44 heavy (non-hydrogen) atoms. The predicted molar refractivity (Wildman–Crippen MR) is 170 cm³/mol. The van der Waals surface area contributed by atoms with Crippen LogP contribution in [0.15, 0.2) is 66.7 Å². The van der Waals surface area contributed by atoms with Crippen LogP contribution in [0.1, 0.15) is 59.2 Å². The van der Waals surface area contributed by atoms with Crippen molar-refractivity contribution in [2.24, 2.45) is 0 Å². The zero-order valence-corrected chi connectivity index (χ0v) is 26.0. The van der Waals surface area contributed by atoms with E-state index in [1.54, 1.807) is 7.11 Å². The quantitative estimate of drug-likeness (QED) is 0.324. The summed E-state index contributed by atoms with van der Waals surface area (Å²) in [6.45, 7) is 3.19. The second kappa shape index (κ2) is 13.3. The minimum atomic E-state index is -0.886. The van der Waals surface area contributed by atoms with Crippen molar-refractivity contribution < 1.29 is 23.9 Å². The lowest BCUT2D eigenvalue weighted by atomic mass is 9.62. The van der Waals surface area contributed by atoms with Gasteiger partial charge in [0.05, 0.1) is 46.9 Å². The van der Waals surface area contributed by atoms with Crippen LogP contribution in [0, 0.1) is 0 Å². The SMILES string of the molecule is CCNC(=O)[C@]1(c2ccccc2)CC[C@@H](C(=O)N2CC[C@@H](NC(=O)c3cc(Cl)c(N)cc3OC)[C@@H](OC)C2)c2ccccc21. The van der Waals surface area contributed by atoms with Crippen LogP contribution in [0.5, 0.6) is 5.75 Å². The fourth-order valence-electron chi connectivity index (χ4n) is 6.70. The van der Waals surface area contributed by atoms with Gasteiger partial charge in [0.15, 0.2) is 0 Å². The molecule has 9 nitrogen and oxygen atoms in total. The third-order valence-corrected chi connectivity index (χ3v) is 9.27. The molecule has 10 heteroatoms. The summed E-state index contributed by atoms with van der Waals surface area (Å²) in [7, 11) is 3.04. The zero-order valence-electron chi connectivity index (χ0n) is 25.3. The molecule has 3 aromatic carbocycles. The summed E-state index contributed by atoms with van der Waals surface area (Å²) >= 11 is 6.18. The summed E-state index contributed by atoms with van der Waals surface area (Å²) < 4.78 is 11.1. The Labute approximate surface area is 263 Å². The maximum Gasteiger partial charge on any atom is 0.255 e. The Morgan fingerprint density at radius 2 is 1.77 bits per heavy atom. The maximum atomic E-state index is 14.2. The number of halogens is 1. The van der Waals surface area contributed by atoms with Gasteiger partial charge < -0.3 is 30.7 Å². The Balaban J connectivity index is 1.37. The molecule has 0 saturated carbocycles. The first-order valence-electron chi connectivity index (χ1n) is 14.9. The number of likely N-dealkylation sites (tertiary alicyclic amines) is 1. The molecule has 3 aromatic rings. The molecule has 1 aliphatic carbocycles. The first-order chi connectivity index (χ1) is 21.2. The van der Waals surface area contributed by atoms with Gasteiger partial charge in [-0.15, -0.1) is 0 Å². The molecule has 0 aromatic heterocycles. The van der Waals surface area contributed by atoms with Crippen molar-refractivity contribution in [2.75, 3.05) is 39.6 Å². The number of nitrogen functional groups attached to an aromatic ring is 1. The van der Waals surface area contributed by atoms with Crippen LogP contribution in [-0.4, -0.2) is 68.6 Å². The van der Waals surface area contributed by atoms with Crippen molar-refractivity contribution in [1.29, 1.82) is 0 Å². The van der Waals surface area contributed by atoms with Crippen LogP contribution in [0.2, 0.25) is 5.02 Å². The topological polar surface area (TPSA) is 123 Å². The van der Waals surface area contributed by atoms with Crippen LogP contribution in [-0.2, 0) is 19.7 Å². The number of nitrogens with zero attached hydrogens (tertiary/aromatic N) is 1. The van der Waals surface area contributed by atoms with Crippen LogP contribution >= 0.6 is 11.6 Å². The molecular formula is C34H39ClN4O5. The molecule has 1 heterocycles. The van der Waals surface area contributed by atoms with E-state index < -0.39 is 17.4 Å². The molecule has 0 spiro atoms. The third kappa shape index (κ3) is 5.74. The van der Waals surface area contributed by atoms with Gasteiger partial charge in [-0.05, 0) is 48.9 Å². The lowest BCUT2D eigenvalue weighted by Gasteiger charge is -2.43. The number of benzene rings is 3. The molecule has 1 saturated heterocycles. The van der Waals surface area contributed by atoms with E-state index in [0.29, 0.717) is 50.3 Å². The number of nitrogens with one attached hydrogen (secondary N) is 2. The van der Waals surface area contributed by atoms with Gasteiger partial charge in [-0.3, -0.25) is 14.4 Å². The van der Waals surface area contributed by atoms with Crippen molar-refractivity contribution >= 4 is 35.0 Å². The molecular weight excluding hydrogens is 580 g/mol. The molecule has 2 aliphatic rings. The number of hydrogen-bond donors (Lipinski definition) is 3. The number of carbonyl (C=O) groups excluding carboxylic acids is 3. The van der Waals surface area contributed by atoms with Gasteiger partial charge in [0.2, 0.25) is 11.8 Å². The minimum absolute atomic E-state index is 0.00572. The third-order valence-electron chi connectivity index (χ3n) is 8.95. The van der Waals surface area contributed by atoms with Crippen LogP contribution in [0.3, 0.4) is 0 Å². The Bertz CT molecular complexity index is 1530. The van der Waals surface area contributed by atoms with Gasteiger partial charge in [0, 0.05) is 32.8 Å². The van der Waals surface area contributed by atoms with E-state index in [4.69, 9.17) is 26.8 Å². The van der Waals surface area contributed by atoms with Crippen molar-refractivity contribution in [2.45, 2.75) is 49.7 Å². The molecule has 5 rings (SSSR count). The Morgan fingerprint density at radius 3 is 2.48 bits per heavy atom. The number of amides is 3. The number of rotatable bonds is 8. The van der Waals surface area contributed by atoms with E-state index in [0.717, 1.165) is 16.7 Å². The van der Waals surface area contributed by atoms with Gasteiger partial charge in [-0.1, -0.05) is 66.2 Å². The molecule has 232 valence electrons. The summed E-state index contributed by atoms with van der Waals surface area (Å²) in [5.74, 6) is -0.503. The van der Waals surface area contributed by atoms with E-state index in [9.17, 15) is 14.4 Å². The second-order valence-electron chi connectivity index (χ2n) is 11.3. The number of carbonyl (C=O) groups is 3. The van der Waals surface area contributed by atoms with Crippen molar-refractivity contribution in [1.82, 2.24) is 15.5 Å². The highest BCUT2D eigenvalue weighted by molar-refractivity contribution is 6.33. The van der Waals surface area contributed by atoms with Crippen molar-refractivity contribution in [3.05, 3.63) is 94.0 Å². The van der Waals surface area contributed by atoms with Crippen LogP contribution in [0.25, 0.3) is 0 Å². The predicted octanol–water partition coefficient (Wildman–Crippen LogP) is 4.28. The van der Waals surface area contributed by atoms with Crippen molar-refractivity contribution in [3.63, 3.8) is 0 Å². The first-order valence-corrected chi connectivity index (χ1v) is 15.3. The number of fused-ring (bicyclic) bond motifs is 1. The van der Waals surface area contributed by atoms with Gasteiger partial charge in [-0.25, -0.2) is 0 Å². The smallest absolute Gasteiger partial charge is 0.255 e. The molecule has 0 radical (unpaired) electrons. The summed E-state index contributed by atoms with van der Waals surface area (Å²) in [5, 5.41) is 6.35. The summed E-state index contributed by atoms with van der Waals surface area (Å²) in [5.41, 5.74) is 8.23. The fourth-order valence-corrected chi connectivity index (χ4v) is 6.86. The van der Waals surface area contributed by atoms with Gasteiger partial charge in [-0.2, -0.15) is 0 Å². The minimum Gasteiger partial charge on any atom is -0.496 e. The van der Waals surface area contributed by atoms with Gasteiger partial charge in [0.25, 0.3) is 5.91 Å². The van der Waals surface area contributed by atoms with E-state index >= 15 is 0 Å². The number of nitrogens with two attached hydrogens (primary N) is 1. The Hall–Kier alpha value is -4.08. The second-order valence-corrected chi connectivity index (χ2v) is 11.7. The lowest BCUT2D eigenvalue weighted by molar-refractivity contribution is -0.138. The van der Waals surface area contributed by atoms with E-state index in [2.05, 4.69) is 10.6 Å². The summed E-state index contributed by atoms with van der Waals surface area (Å²) in [6.07, 6.45) is 1.10. The zero-order chi connectivity index (χ0) is 31.4.